The summed E-state index contributed by atoms with van der Waals surface area (Å²) in [7, 11) is 0. The fourth-order valence-corrected chi connectivity index (χ4v) is 1.95. The average molecular weight is 214 g/mol. The van der Waals surface area contributed by atoms with Gasteiger partial charge < -0.3 is 16.2 Å². The number of nitrogens with one attached hydrogen (secondary N) is 1. The van der Waals surface area contributed by atoms with E-state index in [9.17, 15) is 9.90 Å². The summed E-state index contributed by atoms with van der Waals surface area (Å²) in [6, 6.07) is -0.0754. The number of hydrogen-bond donors (Lipinski definition) is 3. The fraction of sp³-hybridized carbons (Fsp3) is 0.909. The molecule has 15 heavy (non-hydrogen) atoms. The van der Waals surface area contributed by atoms with E-state index in [0.29, 0.717) is 6.42 Å². The molecule has 0 saturated heterocycles. The second kappa shape index (κ2) is 4.94. The van der Waals surface area contributed by atoms with E-state index in [4.69, 9.17) is 5.73 Å². The van der Waals surface area contributed by atoms with Gasteiger partial charge >= 0.3 is 0 Å². The molecule has 4 heteroatoms. The molecule has 0 bridgehead atoms. The van der Waals surface area contributed by atoms with Crippen LogP contribution in [0.5, 0.6) is 0 Å². The number of nitrogens with two attached hydrogens (primary N) is 1. The van der Waals surface area contributed by atoms with Crippen LogP contribution in [0, 0.1) is 0 Å². The number of carbonyl (C=O) groups is 1. The lowest BCUT2D eigenvalue weighted by molar-refractivity contribution is -0.123. The van der Waals surface area contributed by atoms with Gasteiger partial charge in [0.1, 0.15) is 0 Å². The molecule has 1 aliphatic carbocycles. The predicted molar refractivity (Wildman–Crippen MR) is 59.3 cm³/mol. The Hall–Kier alpha value is -0.610. The number of amides is 1. The largest absolute Gasteiger partial charge is 0.391 e. The van der Waals surface area contributed by atoms with E-state index in [0.717, 1.165) is 25.7 Å². The van der Waals surface area contributed by atoms with Crippen molar-refractivity contribution in [3.63, 3.8) is 0 Å². The van der Waals surface area contributed by atoms with Crippen LogP contribution in [0.3, 0.4) is 0 Å². The quantitative estimate of drug-likeness (QED) is 0.641. The third-order valence-electron chi connectivity index (χ3n) is 2.69. The van der Waals surface area contributed by atoms with E-state index in [1.54, 1.807) is 0 Å². The monoisotopic (exact) mass is 214 g/mol. The maximum atomic E-state index is 11.6. The molecule has 1 rings (SSSR count). The van der Waals surface area contributed by atoms with Crippen molar-refractivity contribution in [3.05, 3.63) is 0 Å². The van der Waals surface area contributed by atoms with Gasteiger partial charge in [-0.2, -0.15) is 0 Å². The first kappa shape index (κ1) is 12.5. The summed E-state index contributed by atoms with van der Waals surface area (Å²) in [6.45, 7) is 3.65. The maximum Gasteiger partial charge on any atom is 0.222 e. The van der Waals surface area contributed by atoms with Crippen LogP contribution in [0.25, 0.3) is 0 Å². The summed E-state index contributed by atoms with van der Waals surface area (Å²) in [5.74, 6) is -0.0616. The van der Waals surface area contributed by atoms with Gasteiger partial charge in [0, 0.05) is 12.0 Å². The van der Waals surface area contributed by atoms with Crippen LogP contribution in [-0.2, 0) is 4.79 Å². The van der Waals surface area contributed by atoms with Crippen LogP contribution in [-0.4, -0.2) is 28.7 Å². The van der Waals surface area contributed by atoms with Crippen molar-refractivity contribution in [1.29, 1.82) is 0 Å². The summed E-state index contributed by atoms with van der Waals surface area (Å²) < 4.78 is 0. The minimum Gasteiger partial charge on any atom is -0.391 e. The average Bonchev–Trinajstić information content (AvgIpc) is 2.05. The second-order valence-electron chi connectivity index (χ2n) is 5.19. The highest BCUT2D eigenvalue weighted by molar-refractivity contribution is 5.77. The Morgan fingerprint density at radius 1 is 1.47 bits per heavy atom. The van der Waals surface area contributed by atoms with Gasteiger partial charge in [0.05, 0.1) is 12.1 Å². The molecule has 0 aliphatic heterocycles. The zero-order chi connectivity index (χ0) is 11.5. The lowest BCUT2D eigenvalue weighted by Crippen LogP contribution is -2.48. The lowest BCUT2D eigenvalue weighted by Gasteiger charge is -2.29. The van der Waals surface area contributed by atoms with E-state index >= 15 is 0 Å². The molecule has 0 aromatic carbocycles. The molecule has 0 spiro atoms. The lowest BCUT2D eigenvalue weighted by atomic mass is 9.92. The Labute approximate surface area is 91.2 Å². The van der Waals surface area contributed by atoms with E-state index in [-0.39, 0.29) is 18.1 Å². The first-order valence-electron chi connectivity index (χ1n) is 5.65. The number of rotatable bonds is 3. The molecule has 1 aliphatic rings. The molecule has 0 aromatic heterocycles. The Balaban J connectivity index is 2.36. The molecule has 0 radical (unpaired) electrons. The fourth-order valence-electron chi connectivity index (χ4n) is 1.95. The smallest absolute Gasteiger partial charge is 0.222 e. The van der Waals surface area contributed by atoms with Gasteiger partial charge in [0.15, 0.2) is 0 Å². The molecule has 4 N–H and O–H groups in total. The summed E-state index contributed by atoms with van der Waals surface area (Å²) in [4.78, 5) is 11.6. The molecular formula is C11H22N2O2. The highest BCUT2D eigenvalue weighted by atomic mass is 16.3. The van der Waals surface area contributed by atoms with Crippen molar-refractivity contribution in [2.24, 2.45) is 5.73 Å². The summed E-state index contributed by atoms with van der Waals surface area (Å²) in [6.07, 6.45) is 3.71. The van der Waals surface area contributed by atoms with Crippen molar-refractivity contribution < 1.29 is 9.90 Å². The van der Waals surface area contributed by atoms with Crippen molar-refractivity contribution in [1.82, 2.24) is 5.32 Å². The van der Waals surface area contributed by atoms with Crippen LogP contribution in [0.4, 0.5) is 0 Å². The zero-order valence-electron chi connectivity index (χ0n) is 9.62. The number of aliphatic hydroxyl groups excluding tert-OH is 1. The van der Waals surface area contributed by atoms with Gasteiger partial charge in [-0.25, -0.2) is 0 Å². The van der Waals surface area contributed by atoms with Crippen LogP contribution in [0.15, 0.2) is 0 Å². The van der Waals surface area contributed by atoms with Crippen LogP contribution in [0.1, 0.15) is 46.0 Å². The zero-order valence-corrected chi connectivity index (χ0v) is 9.62. The van der Waals surface area contributed by atoms with Gasteiger partial charge in [-0.1, -0.05) is 12.8 Å². The summed E-state index contributed by atoms with van der Waals surface area (Å²) in [5, 5.41) is 12.5. The SMILES string of the molecule is CC(C)(N)CC(=O)N[C@@H]1CCCC[C@H]1O. The van der Waals surface area contributed by atoms with Crippen molar-refractivity contribution in [2.45, 2.75) is 63.6 Å². The molecule has 1 fully saturated rings. The van der Waals surface area contributed by atoms with Gasteiger partial charge in [-0.05, 0) is 26.7 Å². The number of aliphatic hydroxyl groups is 1. The first-order chi connectivity index (χ1) is 6.88. The van der Waals surface area contributed by atoms with Crippen LogP contribution in [0.2, 0.25) is 0 Å². The van der Waals surface area contributed by atoms with Gasteiger partial charge in [-0.15, -0.1) is 0 Å². The van der Waals surface area contributed by atoms with E-state index in [1.165, 1.54) is 0 Å². The Kier molecular flexibility index (Phi) is 4.11. The standard InChI is InChI=1S/C11H22N2O2/c1-11(2,12)7-10(15)13-8-5-3-4-6-9(8)14/h8-9,14H,3-7,12H2,1-2H3,(H,13,15)/t8-,9-/m1/s1. The van der Waals surface area contributed by atoms with Gasteiger partial charge in [0.25, 0.3) is 0 Å². The van der Waals surface area contributed by atoms with E-state index in [2.05, 4.69) is 5.32 Å². The first-order valence-corrected chi connectivity index (χ1v) is 5.65. The van der Waals surface area contributed by atoms with Crippen LogP contribution >= 0.6 is 0 Å². The molecule has 0 aromatic rings. The molecule has 1 amide bonds. The molecule has 88 valence electrons. The highest BCUT2D eigenvalue weighted by Crippen LogP contribution is 2.18. The minimum atomic E-state index is -0.482. The Morgan fingerprint density at radius 2 is 2.07 bits per heavy atom. The van der Waals surface area contributed by atoms with Gasteiger partial charge in [-0.3, -0.25) is 4.79 Å². The topological polar surface area (TPSA) is 75.4 Å². The molecule has 4 nitrogen and oxygen atoms in total. The third kappa shape index (κ3) is 4.62. The number of hydrogen-bond acceptors (Lipinski definition) is 3. The normalized spacial score (nSPS) is 27.5. The molecule has 2 atom stereocenters. The summed E-state index contributed by atoms with van der Waals surface area (Å²) in [5.41, 5.74) is 5.27. The molecular weight excluding hydrogens is 192 g/mol. The predicted octanol–water partition coefficient (Wildman–Crippen LogP) is 0.533. The minimum absolute atomic E-state index is 0.0616. The van der Waals surface area contributed by atoms with Gasteiger partial charge in [0.2, 0.25) is 5.91 Å². The highest BCUT2D eigenvalue weighted by Gasteiger charge is 2.26. The van der Waals surface area contributed by atoms with E-state index < -0.39 is 5.54 Å². The molecule has 1 saturated carbocycles. The maximum absolute atomic E-state index is 11.6. The van der Waals surface area contributed by atoms with Crippen molar-refractivity contribution in [2.75, 3.05) is 0 Å². The second-order valence-corrected chi connectivity index (χ2v) is 5.19. The molecule has 0 heterocycles. The van der Waals surface area contributed by atoms with Crippen molar-refractivity contribution >= 4 is 5.91 Å². The van der Waals surface area contributed by atoms with Crippen LogP contribution < -0.4 is 11.1 Å². The third-order valence-corrected chi connectivity index (χ3v) is 2.69. The number of carbonyl (C=O) groups excluding carboxylic acids is 1. The molecule has 0 unspecified atom stereocenters. The van der Waals surface area contributed by atoms with E-state index in [1.807, 2.05) is 13.8 Å². The Morgan fingerprint density at radius 3 is 2.60 bits per heavy atom. The van der Waals surface area contributed by atoms with Crippen molar-refractivity contribution in [3.8, 4) is 0 Å². The summed E-state index contributed by atoms with van der Waals surface area (Å²) >= 11 is 0. The Bertz CT molecular complexity index is 223.